The van der Waals surface area contributed by atoms with Crippen LogP contribution in [0.4, 0.5) is 4.39 Å². The molecule has 2 amide bonds. The number of piperidine rings is 1. The molecular formula is C23H24ClFN4O5S. The second-order valence-electron chi connectivity index (χ2n) is 8.28. The molecule has 3 heterocycles. The number of amides is 2. The molecule has 0 saturated carbocycles. The fourth-order valence-electron chi connectivity index (χ4n) is 3.92. The molecule has 9 nitrogen and oxygen atoms in total. The van der Waals surface area contributed by atoms with Crippen LogP contribution in [-0.4, -0.2) is 58.1 Å². The standard InChI is InChI=1S/C23H24ClFN4O5S/c24-16-7-14(1-2-17(16)25)8-26-22(33)20-27-21(32)19-15(12-35-23(19)28-20)11-34-10-13-3-5-29(6-4-13)18(31)9-30/h1-2,7,12-13,30H,3-6,8-11H2,(H,26,33)(H,27,28,32). The Morgan fingerprint density at radius 3 is 2.83 bits per heavy atom. The van der Waals surface area contributed by atoms with Crippen LogP contribution in [0, 0.1) is 11.7 Å². The molecule has 1 fully saturated rings. The zero-order valence-corrected chi connectivity index (χ0v) is 20.3. The summed E-state index contributed by atoms with van der Waals surface area (Å²) in [4.78, 5) is 45.6. The first kappa shape index (κ1) is 25.2. The first-order valence-electron chi connectivity index (χ1n) is 11.0. The van der Waals surface area contributed by atoms with E-state index in [4.69, 9.17) is 21.4 Å². The van der Waals surface area contributed by atoms with Crippen molar-refractivity contribution in [2.24, 2.45) is 5.92 Å². The summed E-state index contributed by atoms with van der Waals surface area (Å²) in [7, 11) is 0. The summed E-state index contributed by atoms with van der Waals surface area (Å²) in [6.07, 6.45) is 1.59. The van der Waals surface area contributed by atoms with Crippen molar-refractivity contribution in [3.63, 3.8) is 0 Å². The number of rotatable bonds is 8. The molecule has 3 N–H and O–H groups in total. The molecule has 186 valence electrons. The first-order valence-corrected chi connectivity index (χ1v) is 12.3. The van der Waals surface area contributed by atoms with Crippen molar-refractivity contribution in [2.75, 3.05) is 26.3 Å². The molecule has 1 saturated heterocycles. The molecule has 4 rings (SSSR count). The zero-order valence-electron chi connectivity index (χ0n) is 18.7. The number of H-pyrrole nitrogens is 1. The average molecular weight is 523 g/mol. The Morgan fingerprint density at radius 2 is 2.11 bits per heavy atom. The molecule has 12 heteroatoms. The average Bonchev–Trinajstić information content (AvgIpc) is 3.28. The van der Waals surface area contributed by atoms with Gasteiger partial charge in [-0.1, -0.05) is 17.7 Å². The minimum atomic E-state index is -0.568. The van der Waals surface area contributed by atoms with E-state index in [0.29, 0.717) is 47.0 Å². The van der Waals surface area contributed by atoms with E-state index in [-0.39, 0.29) is 29.9 Å². The number of thiophene rings is 1. The summed E-state index contributed by atoms with van der Waals surface area (Å²) in [6, 6.07) is 4.14. The molecule has 0 unspecified atom stereocenters. The van der Waals surface area contributed by atoms with Gasteiger partial charge in [0.15, 0.2) is 0 Å². The molecule has 1 aromatic carbocycles. The van der Waals surface area contributed by atoms with Gasteiger partial charge in [0.1, 0.15) is 17.3 Å². The summed E-state index contributed by atoms with van der Waals surface area (Å²) in [5, 5.41) is 13.7. The molecule has 3 aromatic rings. The number of carbonyl (C=O) groups is 2. The molecular weight excluding hydrogens is 499 g/mol. The predicted octanol–water partition coefficient (Wildman–Crippen LogP) is 2.45. The van der Waals surface area contributed by atoms with Gasteiger partial charge in [-0.3, -0.25) is 14.4 Å². The van der Waals surface area contributed by atoms with Crippen LogP contribution in [0.1, 0.15) is 34.6 Å². The second kappa shape index (κ2) is 11.3. The topological polar surface area (TPSA) is 125 Å². The highest BCUT2D eigenvalue weighted by atomic mass is 35.5. The molecule has 0 aliphatic carbocycles. The largest absolute Gasteiger partial charge is 0.387 e. The summed E-state index contributed by atoms with van der Waals surface area (Å²) in [5.74, 6) is -1.19. The maximum absolute atomic E-state index is 13.3. The fraction of sp³-hybridized carbons (Fsp3) is 0.391. The van der Waals surface area contributed by atoms with Gasteiger partial charge in [-0.15, -0.1) is 11.3 Å². The zero-order chi connectivity index (χ0) is 24.9. The molecule has 0 spiro atoms. The number of aromatic nitrogens is 2. The number of ether oxygens (including phenoxy) is 1. The van der Waals surface area contributed by atoms with E-state index in [1.165, 1.54) is 29.5 Å². The second-order valence-corrected chi connectivity index (χ2v) is 9.55. The highest BCUT2D eigenvalue weighted by Gasteiger charge is 2.22. The summed E-state index contributed by atoms with van der Waals surface area (Å²) in [6.45, 7) is 1.54. The van der Waals surface area contributed by atoms with Crippen molar-refractivity contribution in [3.05, 3.63) is 61.7 Å². The maximum atomic E-state index is 13.3. The van der Waals surface area contributed by atoms with Crippen molar-refractivity contribution < 1.29 is 23.8 Å². The minimum Gasteiger partial charge on any atom is -0.387 e. The van der Waals surface area contributed by atoms with E-state index in [2.05, 4.69) is 15.3 Å². The third kappa shape index (κ3) is 6.04. The Morgan fingerprint density at radius 1 is 1.34 bits per heavy atom. The lowest BCUT2D eigenvalue weighted by molar-refractivity contribution is -0.135. The lowest BCUT2D eigenvalue weighted by Crippen LogP contribution is -2.40. The Kier molecular flexibility index (Phi) is 8.11. The van der Waals surface area contributed by atoms with Crippen LogP contribution >= 0.6 is 22.9 Å². The number of fused-ring (bicyclic) bond motifs is 1. The summed E-state index contributed by atoms with van der Waals surface area (Å²) >= 11 is 7.01. The quantitative estimate of drug-likeness (QED) is 0.417. The van der Waals surface area contributed by atoms with Crippen LogP contribution in [-0.2, 0) is 22.7 Å². The molecule has 2 aromatic heterocycles. The Labute approximate surface area is 208 Å². The van der Waals surface area contributed by atoms with Gasteiger partial charge in [-0.05, 0) is 41.8 Å². The Balaban J connectivity index is 1.33. The number of nitrogens with zero attached hydrogens (tertiary/aromatic N) is 2. The number of hydrogen-bond donors (Lipinski definition) is 3. The molecule has 35 heavy (non-hydrogen) atoms. The maximum Gasteiger partial charge on any atom is 0.287 e. The number of aromatic amines is 1. The van der Waals surface area contributed by atoms with E-state index in [9.17, 15) is 18.8 Å². The van der Waals surface area contributed by atoms with Crippen LogP contribution < -0.4 is 10.9 Å². The normalized spacial score (nSPS) is 14.4. The smallest absolute Gasteiger partial charge is 0.287 e. The predicted molar refractivity (Wildman–Crippen MR) is 129 cm³/mol. The summed E-state index contributed by atoms with van der Waals surface area (Å²) < 4.78 is 19.1. The number of aliphatic hydroxyl groups excluding tert-OH is 1. The Bertz CT molecular complexity index is 1290. The lowest BCUT2D eigenvalue weighted by Gasteiger charge is -2.31. The third-order valence-electron chi connectivity index (χ3n) is 5.89. The van der Waals surface area contributed by atoms with Crippen LogP contribution in [0.5, 0.6) is 0 Å². The highest BCUT2D eigenvalue weighted by molar-refractivity contribution is 7.16. The van der Waals surface area contributed by atoms with Gasteiger partial charge in [0.25, 0.3) is 11.5 Å². The van der Waals surface area contributed by atoms with Crippen molar-refractivity contribution in [1.29, 1.82) is 0 Å². The van der Waals surface area contributed by atoms with Gasteiger partial charge >= 0.3 is 0 Å². The number of aliphatic hydroxyl groups is 1. The van der Waals surface area contributed by atoms with Gasteiger partial charge in [0.2, 0.25) is 11.7 Å². The van der Waals surface area contributed by atoms with Crippen molar-refractivity contribution in [1.82, 2.24) is 20.2 Å². The Hall–Kier alpha value is -2.86. The number of nitrogens with one attached hydrogen (secondary N) is 2. The number of halogens is 2. The molecule has 1 aliphatic rings. The minimum absolute atomic E-state index is 0.0414. The molecule has 1 aliphatic heterocycles. The SMILES string of the molecule is O=C(NCc1ccc(F)c(Cl)c1)c1nc2scc(COCC3CCN(C(=O)CO)CC3)c2c(=O)[nH]1. The molecule has 0 radical (unpaired) electrons. The fourth-order valence-corrected chi connectivity index (χ4v) is 5.05. The highest BCUT2D eigenvalue weighted by Crippen LogP contribution is 2.23. The van der Waals surface area contributed by atoms with Crippen LogP contribution in [0.2, 0.25) is 5.02 Å². The van der Waals surface area contributed by atoms with Crippen molar-refractivity contribution >= 4 is 45.0 Å². The van der Waals surface area contributed by atoms with Crippen LogP contribution in [0.25, 0.3) is 10.2 Å². The van der Waals surface area contributed by atoms with Gasteiger partial charge in [0.05, 0.1) is 17.0 Å². The van der Waals surface area contributed by atoms with Crippen LogP contribution in [0.15, 0.2) is 28.4 Å². The lowest BCUT2D eigenvalue weighted by atomic mass is 9.98. The van der Waals surface area contributed by atoms with Crippen molar-refractivity contribution in [3.8, 4) is 0 Å². The van der Waals surface area contributed by atoms with E-state index in [1.807, 2.05) is 0 Å². The monoisotopic (exact) mass is 522 g/mol. The molecule has 0 atom stereocenters. The number of benzene rings is 1. The van der Waals surface area contributed by atoms with E-state index < -0.39 is 23.9 Å². The van der Waals surface area contributed by atoms with E-state index in [1.54, 1.807) is 10.3 Å². The van der Waals surface area contributed by atoms with Gasteiger partial charge in [-0.2, -0.15) is 0 Å². The van der Waals surface area contributed by atoms with Crippen molar-refractivity contribution in [2.45, 2.75) is 26.0 Å². The summed E-state index contributed by atoms with van der Waals surface area (Å²) in [5.41, 5.74) is 0.870. The van der Waals surface area contributed by atoms with E-state index >= 15 is 0 Å². The third-order valence-corrected chi connectivity index (χ3v) is 7.10. The number of hydrogen-bond acceptors (Lipinski definition) is 7. The van der Waals surface area contributed by atoms with Gasteiger partial charge in [-0.25, -0.2) is 9.37 Å². The van der Waals surface area contributed by atoms with Crippen LogP contribution in [0.3, 0.4) is 0 Å². The molecule has 0 bridgehead atoms. The van der Waals surface area contributed by atoms with E-state index in [0.717, 1.165) is 12.8 Å². The number of carbonyl (C=O) groups excluding carboxylic acids is 2. The van der Waals surface area contributed by atoms with Gasteiger partial charge < -0.3 is 25.0 Å². The first-order chi connectivity index (χ1) is 16.9. The number of likely N-dealkylation sites (tertiary alicyclic amines) is 1. The van der Waals surface area contributed by atoms with Gasteiger partial charge in [0, 0.05) is 31.8 Å².